The number of esters is 1. The minimum absolute atomic E-state index is 0.205. The number of hydrogen-bond acceptors (Lipinski definition) is 4. The number of halogens is 2. The summed E-state index contributed by atoms with van der Waals surface area (Å²) >= 11 is 5.98. The highest BCUT2D eigenvalue weighted by molar-refractivity contribution is 6.32. The van der Waals surface area contributed by atoms with Crippen LogP contribution in [0.25, 0.3) is 0 Å². The molecule has 0 saturated carbocycles. The lowest BCUT2D eigenvalue weighted by Crippen LogP contribution is -2.36. The summed E-state index contributed by atoms with van der Waals surface area (Å²) in [6.07, 6.45) is -0.987. The number of carbonyl (C=O) groups excluding carboxylic acids is 2. The van der Waals surface area contributed by atoms with Crippen LogP contribution in [0.3, 0.4) is 0 Å². The summed E-state index contributed by atoms with van der Waals surface area (Å²) in [5, 5.41) is 3.00. The number of ether oxygens (including phenoxy) is 2. The quantitative estimate of drug-likeness (QED) is 0.749. The standard InChI is InChI=1S/C19H19ClFNO4/c1-12-3-8-16(20)17(9-12)25-11-18(23)26-13(2)19(24)22-10-14-4-6-15(21)7-5-14/h3-9,13H,10-11H2,1-2H3,(H,22,24)/t13-/m1/s1. The van der Waals surface area contributed by atoms with E-state index < -0.39 is 18.0 Å². The van der Waals surface area contributed by atoms with Crippen molar-refractivity contribution < 1.29 is 23.5 Å². The molecule has 0 heterocycles. The van der Waals surface area contributed by atoms with Crippen LogP contribution in [0.15, 0.2) is 42.5 Å². The third-order valence-corrected chi connectivity index (χ3v) is 3.80. The Bertz CT molecular complexity index is 780. The van der Waals surface area contributed by atoms with Crippen molar-refractivity contribution in [2.24, 2.45) is 0 Å². The summed E-state index contributed by atoms with van der Waals surface area (Å²) in [6, 6.07) is 10.9. The molecule has 5 nitrogen and oxygen atoms in total. The molecule has 1 N–H and O–H groups in total. The molecular formula is C19H19ClFNO4. The molecule has 0 spiro atoms. The van der Waals surface area contributed by atoms with Gasteiger partial charge in [0.15, 0.2) is 12.7 Å². The number of amides is 1. The molecule has 0 saturated heterocycles. The van der Waals surface area contributed by atoms with Crippen molar-refractivity contribution in [1.29, 1.82) is 0 Å². The van der Waals surface area contributed by atoms with Crippen molar-refractivity contribution in [3.63, 3.8) is 0 Å². The van der Waals surface area contributed by atoms with Gasteiger partial charge in [0.25, 0.3) is 5.91 Å². The van der Waals surface area contributed by atoms with Gasteiger partial charge in [0.05, 0.1) is 5.02 Å². The summed E-state index contributed by atoms with van der Waals surface area (Å²) in [4.78, 5) is 23.8. The van der Waals surface area contributed by atoms with Gasteiger partial charge >= 0.3 is 5.97 Å². The van der Waals surface area contributed by atoms with Crippen molar-refractivity contribution in [2.45, 2.75) is 26.5 Å². The Balaban J connectivity index is 1.77. The van der Waals surface area contributed by atoms with Gasteiger partial charge in [0.1, 0.15) is 11.6 Å². The van der Waals surface area contributed by atoms with Crippen molar-refractivity contribution in [3.8, 4) is 5.75 Å². The normalized spacial score (nSPS) is 11.5. The van der Waals surface area contributed by atoms with Crippen LogP contribution < -0.4 is 10.1 Å². The molecule has 0 aliphatic heterocycles. The average molecular weight is 380 g/mol. The molecule has 0 aliphatic carbocycles. The molecular weight excluding hydrogens is 361 g/mol. The third-order valence-electron chi connectivity index (χ3n) is 3.49. The average Bonchev–Trinajstić information content (AvgIpc) is 2.61. The molecule has 0 unspecified atom stereocenters. The minimum atomic E-state index is -0.987. The van der Waals surface area contributed by atoms with E-state index in [0.29, 0.717) is 10.8 Å². The van der Waals surface area contributed by atoms with E-state index in [1.54, 1.807) is 24.3 Å². The third kappa shape index (κ3) is 6.04. The fraction of sp³-hybridized carbons (Fsp3) is 0.263. The van der Waals surface area contributed by atoms with Crippen molar-refractivity contribution in [3.05, 3.63) is 64.4 Å². The Hall–Kier alpha value is -2.60. The fourth-order valence-corrected chi connectivity index (χ4v) is 2.25. The van der Waals surface area contributed by atoms with Gasteiger partial charge < -0.3 is 14.8 Å². The van der Waals surface area contributed by atoms with Gasteiger partial charge in [-0.05, 0) is 49.2 Å². The molecule has 2 rings (SSSR count). The maximum absolute atomic E-state index is 12.8. The van der Waals surface area contributed by atoms with E-state index in [1.165, 1.54) is 19.1 Å². The lowest BCUT2D eigenvalue weighted by atomic mass is 10.2. The fourth-order valence-electron chi connectivity index (χ4n) is 2.08. The molecule has 2 aromatic carbocycles. The molecule has 0 bridgehead atoms. The summed E-state index contributed by atoms with van der Waals surface area (Å²) < 4.78 is 23.2. The van der Waals surface area contributed by atoms with Gasteiger partial charge in [0, 0.05) is 6.54 Å². The van der Waals surface area contributed by atoms with E-state index in [2.05, 4.69) is 5.32 Å². The van der Waals surface area contributed by atoms with Gasteiger partial charge in [-0.25, -0.2) is 9.18 Å². The maximum Gasteiger partial charge on any atom is 0.344 e. The summed E-state index contributed by atoms with van der Waals surface area (Å²) in [5.41, 5.74) is 1.67. The smallest absolute Gasteiger partial charge is 0.344 e. The number of hydrogen-bond donors (Lipinski definition) is 1. The first-order valence-electron chi connectivity index (χ1n) is 7.95. The van der Waals surface area contributed by atoms with Crippen LogP contribution in [-0.4, -0.2) is 24.6 Å². The molecule has 26 heavy (non-hydrogen) atoms. The van der Waals surface area contributed by atoms with E-state index in [0.717, 1.165) is 11.1 Å². The number of nitrogens with one attached hydrogen (secondary N) is 1. The molecule has 0 aliphatic rings. The molecule has 1 atom stereocenters. The Labute approximate surface area is 156 Å². The van der Waals surface area contributed by atoms with Gasteiger partial charge in [-0.2, -0.15) is 0 Å². The molecule has 138 valence electrons. The second-order valence-electron chi connectivity index (χ2n) is 5.70. The second-order valence-corrected chi connectivity index (χ2v) is 6.11. The number of aryl methyl sites for hydroxylation is 1. The molecule has 0 fully saturated rings. The van der Waals surface area contributed by atoms with E-state index in [1.807, 2.05) is 13.0 Å². The maximum atomic E-state index is 12.8. The molecule has 2 aromatic rings. The molecule has 0 aromatic heterocycles. The molecule has 1 amide bonds. The first-order valence-corrected chi connectivity index (χ1v) is 8.33. The lowest BCUT2D eigenvalue weighted by molar-refractivity contribution is -0.156. The van der Waals surface area contributed by atoms with E-state index >= 15 is 0 Å². The van der Waals surface area contributed by atoms with Crippen LogP contribution in [0.1, 0.15) is 18.1 Å². The second kappa shape index (κ2) is 9.20. The predicted octanol–water partition coefficient (Wildman–Crippen LogP) is 3.41. The van der Waals surface area contributed by atoms with E-state index in [4.69, 9.17) is 21.1 Å². The predicted molar refractivity (Wildman–Crippen MR) is 95.5 cm³/mol. The van der Waals surface area contributed by atoms with Crippen molar-refractivity contribution in [1.82, 2.24) is 5.32 Å². The Morgan fingerprint density at radius 1 is 1.19 bits per heavy atom. The van der Waals surface area contributed by atoms with Crippen LogP contribution >= 0.6 is 11.6 Å². The van der Waals surface area contributed by atoms with E-state index in [-0.39, 0.29) is 19.0 Å². The van der Waals surface area contributed by atoms with Gasteiger partial charge in [-0.15, -0.1) is 0 Å². The first-order chi connectivity index (χ1) is 12.3. The summed E-state index contributed by atoms with van der Waals surface area (Å²) in [7, 11) is 0. The molecule has 7 heteroatoms. The van der Waals surface area contributed by atoms with Crippen LogP contribution in [0.5, 0.6) is 5.75 Å². The SMILES string of the molecule is Cc1ccc(Cl)c(OCC(=O)O[C@H](C)C(=O)NCc2ccc(F)cc2)c1. The zero-order chi connectivity index (χ0) is 19.1. The van der Waals surface area contributed by atoms with Crippen LogP contribution in [0, 0.1) is 12.7 Å². The highest BCUT2D eigenvalue weighted by atomic mass is 35.5. The summed E-state index contributed by atoms with van der Waals surface area (Å²) in [5.74, 6) is -1.13. The highest BCUT2D eigenvalue weighted by Crippen LogP contribution is 2.25. The largest absolute Gasteiger partial charge is 0.480 e. The topological polar surface area (TPSA) is 64.6 Å². The zero-order valence-corrected chi connectivity index (χ0v) is 15.2. The Morgan fingerprint density at radius 3 is 2.58 bits per heavy atom. The van der Waals surface area contributed by atoms with Gasteiger partial charge in [-0.1, -0.05) is 29.8 Å². The molecule has 0 radical (unpaired) electrons. The first kappa shape index (κ1) is 19.7. The van der Waals surface area contributed by atoms with Crippen LogP contribution in [-0.2, 0) is 20.9 Å². The number of carbonyl (C=O) groups is 2. The lowest BCUT2D eigenvalue weighted by Gasteiger charge is -2.14. The minimum Gasteiger partial charge on any atom is -0.480 e. The highest BCUT2D eigenvalue weighted by Gasteiger charge is 2.18. The Kier molecular flexibility index (Phi) is 6.97. The Morgan fingerprint density at radius 2 is 1.88 bits per heavy atom. The van der Waals surface area contributed by atoms with Gasteiger partial charge in [-0.3, -0.25) is 4.79 Å². The van der Waals surface area contributed by atoms with Crippen molar-refractivity contribution >= 4 is 23.5 Å². The van der Waals surface area contributed by atoms with Crippen LogP contribution in [0.4, 0.5) is 4.39 Å². The van der Waals surface area contributed by atoms with Gasteiger partial charge in [0.2, 0.25) is 0 Å². The van der Waals surface area contributed by atoms with Crippen LogP contribution in [0.2, 0.25) is 5.02 Å². The van der Waals surface area contributed by atoms with E-state index in [9.17, 15) is 14.0 Å². The van der Waals surface area contributed by atoms with Crippen molar-refractivity contribution in [2.75, 3.05) is 6.61 Å². The zero-order valence-electron chi connectivity index (χ0n) is 14.4. The number of benzene rings is 2. The number of rotatable bonds is 7. The monoisotopic (exact) mass is 379 g/mol. The summed E-state index contributed by atoms with van der Waals surface area (Å²) in [6.45, 7) is 3.17.